The van der Waals surface area contributed by atoms with Crippen LogP contribution in [-0.4, -0.2) is 51.6 Å². The van der Waals surface area contributed by atoms with Crippen molar-refractivity contribution in [2.75, 3.05) is 36.4 Å². The van der Waals surface area contributed by atoms with Crippen molar-refractivity contribution >= 4 is 17.5 Å². The Morgan fingerprint density at radius 3 is 2.30 bits per heavy atom. The summed E-state index contributed by atoms with van der Waals surface area (Å²) in [6.07, 6.45) is 0.713. The minimum Gasteiger partial charge on any atom is -0.353 e. The van der Waals surface area contributed by atoms with E-state index in [4.69, 9.17) is 0 Å². The molecule has 30 heavy (non-hydrogen) atoms. The summed E-state index contributed by atoms with van der Waals surface area (Å²) in [6, 6.07) is 10.1. The average Bonchev–Trinajstić information content (AvgIpc) is 3.29. The van der Waals surface area contributed by atoms with E-state index in [1.807, 2.05) is 40.1 Å². The van der Waals surface area contributed by atoms with Gasteiger partial charge in [0.2, 0.25) is 0 Å². The minimum atomic E-state index is -4.53. The number of amides is 2. The first-order chi connectivity index (χ1) is 14.4. The summed E-state index contributed by atoms with van der Waals surface area (Å²) >= 11 is 0. The number of nitrogens with one attached hydrogen (secondary N) is 1. The lowest BCUT2D eigenvalue weighted by molar-refractivity contribution is -0.136. The molecule has 7 nitrogen and oxygen atoms in total. The van der Waals surface area contributed by atoms with Crippen LogP contribution >= 0.6 is 0 Å². The van der Waals surface area contributed by atoms with Crippen molar-refractivity contribution in [1.29, 1.82) is 0 Å². The van der Waals surface area contributed by atoms with E-state index in [1.54, 1.807) is 0 Å². The van der Waals surface area contributed by atoms with Crippen LogP contribution in [-0.2, 0) is 6.18 Å². The summed E-state index contributed by atoms with van der Waals surface area (Å²) in [5, 5.41) is 2.39. The van der Waals surface area contributed by atoms with Crippen molar-refractivity contribution in [3.05, 3.63) is 66.7 Å². The number of urea groups is 1. The number of nitrogens with zero attached hydrogens (tertiary/aromatic N) is 5. The van der Waals surface area contributed by atoms with Crippen molar-refractivity contribution in [3.8, 4) is 5.82 Å². The highest BCUT2D eigenvalue weighted by Gasteiger charge is 2.34. The number of aromatic nitrogens is 3. The second kappa shape index (κ2) is 8.05. The lowest BCUT2D eigenvalue weighted by atomic mass is 10.1. The third-order valence-corrected chi connectivity index (χ3v) is 4.87. The van der Waals surface area contributed by atoms with Gasteiger partial charge >= 0.3 is 12.2 Å². The first kappa shape index (κ1) is 19.7. The second-order valence-corrected chi connectivity index (χ2v) is 6.77. The number of hydrogen-bond acceptors (Lipinski definition) is 4. The van der Waals surface area contributed by atoms with E-state index in [9.17, 15) is 18.0 Å². The SMILES string of the molecule is O=C(Nc1ccccc1C(F)(F)F)N1CCN(c2cc(-n3cccc3)ncn2)CC1. The Labute approximate surface area is 170 Å². The number of alkyl halides is 3. The van der Waals surface area contributed by atoms with Crippen LogP contribution in [0.2, 0.25) is 0 Å². The van der Waals surface area contributed by atoms with Crippen LogP contribution in [0.1, 0.15) is 5.56 Å². The van der Waals surface area contributed by atoms with Gasteiger partial charge in [0.25, 0.3) is 0 Å². The van der Waals surface area contributed by atoms with Crippen LogP contribution in [0.3, 0.4) is 0 Å². The fraction of sp³-hybridized carbons (Fsp3) is 0.250. The van der Waals surface area contributed by atoms with Crippen LogP contribution in [0.4, 0.5) is 29.5 Å². The molecule has 0 saturated carbocycles. The van der Waals surface area contributed by atoms with E-state index in [1.165, 1.54) is 29.4 Å². The number of anilines is 2. The number of piperazine rings is 1. The first-order valence-corrected chi connectivity index (χ1v) is 9.34. The zero-order valence-electron chi connectivity index (χ0n) is 15.9. The summed E-state index contributed by atoms with van der Waals surface area (Å²) < 4.78 is 41.3. The van der Waals surface area contributed by atoms with Gasteiger partial charge in [-0.1, -0.05) is 12.1 Å². The molecular weight excluding hydrogens is 397 g/mol. The largest absolute Gasteiger partial charge is 0.418 e. The fourth-order valence-electron chi connectivity index (χ4n) is 3.31. The van der Waals surface area contributed by atoms with Gasteiger partial charge in [-0.25, -0.2) is 14.8 Å². The van der Waals surface area contributed by atoms with E-state index in [2.05, 4.69) is 15.3 Å². The average molecular weight is 416 g/mol. The van der Waals surface area contributed by atoms with Gasteiger partial charge in [0.15, 0.2) is 0 Å². The highest BCUT2D eigenvalue weighted by molar-refractivity contribution is 5.90. The zero-order valence-corrected chi connectivity index (χ0v) is 15.9. The molecule has 0 spiro atoms. The first-order valence-electron chi connectivity index (χ1n) is 9.34. The summed E-state index contributed by atoms with van der Waals surface area (Å²) in [4.78, 5) is 24.6. The molecule has 3 heterocycles. The van der Waals surface area contributed by atoms with Gasteiger partial charge in [0.05, 0.1) is 11.3 Å². The Morgan fingerprint density at radius 2 is 1.60 bits per heavy atom. The number of hydrogen-bond donors (Lipinski definition) is 1. The molecule has 1 fully saturated rings. The Balaban J connectivity index is 1.40. The predicted molar refractivity (Wildman–Crippen MR) is 106 cm³/mol. The molecule has 1 N–H and O–H groups in total. The van der Waals surface area contributed by atoms with E-state index in [-0.39, 0.29) is 5.69 Å². The lowest BCUT2D eigenvalue weighted by Gasteiger charge is -2.35. The van der Waals surface area contributed by atoms with Crippen LogP contribution < -0.4 is 10.2 Å². The molecular formula is C20H19F3N6O. The van der Waals surface area contributed by atoms with Crippen molar-refractivity contribution < 1.29 is 18.0 Å². The maximum Gasteiger partial charge on any atom is 0.418 e. The van der Waals surface area contributed by atoms with Gasteiger partial charge in [-0.05, 0) is 24.3 Å². The minimum absolute atomic E-state index is 0.246. The van der Waals surface area contributed by atoms with Crippen molar-refractivity contribution in [3.63, 3.8) is 0 Å². The fourth-order valence-corrected chi connectivity index (χ4v) is 3.31. The van der Waals surface area contributed by atoms with Crippen LogP contribution in [0.15, 0.2) is 61.2 Å². The second-order valence-electron chi connectivity index (χ2n) is 6.77. The monoisotopic (exact) mass is 416 g/mol. The van der Waals surface area contributed by atoms with Gasteiger partial charge in [-0.2, -0.15) is 13.2 Å². The summed E-state index contributed by atoms with van der Waals surface area (Å²) in [7, 11) is 0. The van der Waals surface area contributed by atoms with E-state index >= 15 is 0 Å². The third kappa shape index (κ3) is 4.22. The van der Waals surface area contributed by atoms with Gasteiger partial charge in [-0.3, -0.25) is 0 Å². The molecule has 0 unspecified atom stereocenters. The van der Waals surface area contributed by atoms with E-state index in [0.717, 1.165) is 17.7 Å². The van der Waals surface area contributed by atoms with E-state index in [0.29, 0.717) is 26.2 Å². The van der Waals surface area contributed by atoms with Gasteiger partial charge in [-0.15, -0.1) is 0 Å². The van der Waals surface area contributed by atoms with Gasteiger partial charge in [0.1, 0.15) is 18.0 Å². The maximum atomic E-state index is 13.1. The smallest absolute Gasteiger partial charge is 0.353 e. The molecule has 1 aliphatic rings. The number of halogens is 3. The van der Waals surface area contributed by atoms with Crippen molar-refractivity contribution in [2.24, 2.45) is 0 Å². The molecule has 0 bridgehead atoms. The van der Waals surface area contributed by atoms with Crippen LogP contribution in [0.5, 0.6) is 0 Å². The zero-order chi connectivity index (χ0) is 21.1. The van der Waals surface area contributed by atoms with Crippen molar-refractivity contribution in [2.45, 2.75) is 6.18 Å². The van der Waals surface area contributed by atoms with Gasteiger partial charge in [0, 0.05) is 44.6 Å². The normalized spacial score (nSPS) is 14.6. The number of carbonyl (C=O) groups excluding carboxylic acids is 1. The van der Waals surface area contributed by atoms with E-state index < -0.39 is 17.8 Å². The molecule has 4 rings (SSSR count). The molecule has 0 atom stereocenters. The van der Waals surface area contributed by atoms with Crippen LogP contribution in [0.25, 0.3) is 5.82 Å². The topological polar surface area (TPSA) is 66.3 Å². The Morgan fingerprint density at radius 1 is 0.933 bits per heavy atom. The third-order valence-electron chi connectivity index (χ3n) is 4.87. The van der Waals surface area contributed by atoms with Gasteiger partial charge < -0.3 is 19.7 Å². The summed E-state index contributed by atoms with van der Waals surface area (Å²) in [6.45, 7) is 1.75. The predicted octanol–water partition coefficient (Wildman–Crippen LogP) is 3.64. The molecule has 2 aromatic heterocycles. The number of benzene rings is 1. The summed E-state index contributed by atoms with van der Waals surface area (Å²) in [5.74, 6) is 1.46. The molecule has 10 heteroatoms. The highest BCUT2D eigenvalue weighted by atomic mass is 19.4. The number of carbonyl (C=O) groups is 1. The molecule has 3 aromatic rings. The number of para-hydroxylation sites is 1. The van der Waals surface area contributed by atoms with Crippen molar-refractivity contribution in [1.82, 2.24) is 19.4 Å². The number of rotatable bonds is 3. The Kier molecular flexibility index (Phi) is 5.30. The molecule has 156 valence electrons. The quantitative estimate of drug-likeness (QED) is 0.708. The van der Waals surface area contributed by atoms with Crippen LogP contribution in [0, 0.1) is 0 Å². The summed E-state index contributed by atoms with van der Waals surface area (Å²) in [5.41, 5.74) is -1.11. The maximum absolute atomic E-state index is 13.1. The molecule has 1 aliphatic heterocycles. The standard InChI is InChI=1S/C20H19F3N6O/c21-20(22,23)15-5-1-2-6-16(15)26-19(30)29-11-9-28(10-12-29)18-13-17(24-14-25-18)27-7-3-4-8-27/h1-8,13-14H,9-12H2,(H,26,30). The Hall–Kier alpha value is -3.56. The molecule has 1 aromatic carbocycles. The molecule has 0 radical (unpaired) electrons. The molecule has 0 aliphatic carbocycles. The molecule has 1 saturated heterocycles. The molecule has 2 amide bonds. The lowest BCUT2D eigenvalue weighted by Crippen LogP contribution is -2.50. The Bertz CT molecular complexity index is 1010. The highest BCUT2D eigenvalue weighted by Crippen LogP contribution is 2.34.